The molecule has 1 aromatic heterocycles. The van der Waals surface area contributed by atoms with E-state index in [2.05, 4.69) is 0 Å². The van der Waals surface area contributed by atoms with Crippen LogP contribution in [0.25, 0.3) is 0 Å². The molecule has 2 heterocycles. The lowest BCUT2D eigenvalue weighted by molar-refractivity contribution is -0.183. The summed E-state index contributed by atoms with van der Waals surface area (Å²) in [5, 5.41) is 1.91. The third kappa shape index (κ3) is 4.86. The Labute approximate surface area is 126 Å². The average molecular weight is 294 g/mol. The molecule has 1 saturated heterocycles. The number of carbonyl (C=O) groups is 1. The Kier molecular flexibility index (Phi) is 5.42. The molecule has 1 aromatic rings. The van der Waals surface area contributed by atoms with E-state index in [0.717, 1.165) is 31.8 Å². The van der Waals surface area contributed by atoms with E-state index in [1.54, 1.807) is 6.26 Å². The minimum atomic E-state index is -0.230. The Morgan fingerprint density at radius 3 is 2.76 bits per heavy atom. The van der Waals surface area contributed by atoms with Crippen molar-refractivity contribution in [2.24, 2.45) is 0 Å². The molecule has 21 heavy (non-hydrogen) atoms. The summed E-state index contributed by atoms with van der Waals surface area (Å²) in [4.78, 5) is 20.0. The highest BCUT2D eigenvalue weighted by atomic mass is 16.7. The molecule has 1 aliphatic heterocycles. The van der Waals surface area contributed by atoms with Crippen LogP contribution >= 0.6 is 0 Å². The maximum absolute atomic E-state index is 12.6. The maximum atomic E-state index is 12.6. The van der Waals surface area contributed by atoms with E-state index in [1.165, 1.54) is 0 Å². The molecule has 1 amide bonds. The van der Waals surface area contributed by atoms with Gasteiger partial charge in [0.25, 0.3) is 0 Å². The van der Waals surface area contributed by atoms with Gasteiger partial charge in [-0.25, -0.2) is 0 Å². The number of furan rings is 1. The van der Waals surface area contributed by atoms with Crippen LogP contribution in [-0.4, -0.2) is 41.1 Å². The Balaban J connectivity index is 1.91. The fourth-order valence-corrected chi connectivity index (χ4v) is 2.44. The molecule has 0 atom stereocenters. The normalized spacial score (nSPS) is 16.9. The van der Waals surface area contributed by atoms with E-state index in [9.17, 15) is 4.79 Å². The standard InChI is InChI=1S/C16H26N2O3/c1-16(2,3)18(13-14-7-6-11-20-14)15(19)8-10-17-9-4-5-12-21-17/h6-7,11H,4-5,8-10,12-13H2,1-3H3. The highest BCUT2D eigenvalue weighted by molar-refractivity contribution is 5.77. The average Bonchev–Trinajstić information content (AvgIpc) is 2.95. The summed E-state index contributed by atoms with van der Waals surface area (Å²) in [5.74, 6) is 0.945. The molecule has 0 unspecified atom stereocenters. The fourth-order valence-electron chi connectivity index (χ4n) is 2.44. The van der Waals surface area contributed by atoms with Crippen molar-refractivity contribution in [1.82, 2.24) is 9.96 Å². The van der Waals surface area contributed by atoms with E-state index in [-0.39, 0.29) is 11.4 Å². The molecule has 0 radical (unpaired) electrons. The van der Waals surface area contributed by atoms with Crippen molar-refractivity contribution in [2.45, 2.75) is 52.1 Å². The zero-order chi connectivity index (χ0) is 15.3. The minimum Gasteiger partial charge on any atom is -0.467 e. The summed E-state index contributed by atoms with van der Waals surface area (Å²) in [6.45, 7) is 8.99. The van der Waals surface area contributed by atoms with Gasteiger partial charge in [0.05, 0.1) is 19.4 Å². The third-order valence-electron chi connectivity index (χ3n) is 3.66. The van der Waals surface area contributed by atoms with Gasteiger partial charge in [-0.05, 0) is 45.7 Å². The van der Waals surface area contributed by atoms with Gasteiger partial charge >= 0.3 is 0 Å². The van der Waals surface area contributed by atoms with Crippen LogP contribution in [0.4, 0.5) is 0 Å². The zero-order valence-corrected chi connectivity index (χ0v) is 13.3. The molecule has 1 aliphatic rings. The quantitative estimate of drug-likeness (QED) is 0.837. The molecular formula is C16H26N2O3. The maximum Gasteiger partial charge on any atom is 0.224 e. The van der Waals surface area contributed by atoms with Gasteiger partial charge in [-0.3, -0.25) is 9.63 Å². The van der Waals surface area contributed by atoms with Crippen molar-refractivity contribution >= 4 is 5.91 Å². The number of carbonyl (C=O) groups excluding carboxylic acids is 1. The fraction of sp³-hybridized carbons (Fsp3) is 0.688. The van der Waals surface area contributed by atoms with Crippen LogP contribution in [0, 0.1) is 0 Å². The highest BCUT2D eigenvalue weighted by Crippen LogP contribution is 2.19. The van der Waals surface area contributed by atoms with Crippen molar-refractivity contribution in [3.05, 3.63) is 24.2 Å². The van der Waals surface area contributed by atoms with Gasteiger partial charge in [0.15, 0.2) is 0 Å². The van der Waals surface area contributed by atoms with E-state index in [4.69, 9.17) is 9.25 Å². The molecule has 118 valence electrons. The van der Waals surface area contributed by atoms with Crippen LogP contribution in [0.15, 0.2) is 22.8 Å². The number of nitrogens with zero attached hydrogens (tertiary/aromatic N) is 2. The molecule has 1 fully saturated rings. The van der Waals surface area contributed by atoms with Crippen LogP contribution in [0.1, 0.15) is 45.8 Å². The second-order valence-corrected chi connectivity index (χ2v) is 6.45. The molecule has 2 rings (SSSR count). The zero-order valence-electron chi connectivity index (χ0n) is 13.3. The highest BCUT2D eigenvalue weighted by Gasteiger charge is 2.27. The molecule has 0 aromatic carbocycles. The second-order valence-electron chi connectivity index (χ2n) is 6.45. The first-order chi connectivity index (χ1) is 9.97. The van der Waals surface area contributed by atoms with Gasteiger partial charge in [0, 0.05) is 25.0 Å². The first-order valence-electron chi connectivity index (χ1n) is 7.67. The summed E-state index contributed by atoms with van der Waals surface area (Å²) < 4.78 is 5.37. The Morgan fingerprint density at radius 1 is 1.38 bits per heavy atom. The number of hydrogen-bond acceptors (Lipinski definition) is 4. The first kappa shape index (κ1) is 16.0. The largest absolute Gasteiger partial charge is 0.467 e. The predicted octanol–water partition coefficient (Wildman–Crippen LogP) is 2.82. The second kappa shape index (κ2) is 7.09. The van der Waals surface area contributed by atoms with Crippen LogP contribution in [0.3, 0.4) is 0 Å². The van der Waals surface area contributed by atoms with E-state index >= 15 is 0 Å². The van der Waals surface area contributed by atoms with Gasteiger partial charge in [-0.2, -0.15) is 5.06 Å². The van der Waals surface area contributed by atoms with Crippen LogP contribution in [0.5, 0.6) is 0 Å². The number of amides is 1. The van der Waals surface area contributed by atoms with Crippen LogP contribution < -0.4 is 0 Å². The monoisotopic (exact) mass is 294 g/mol. The Hall–Kier alpha value is -1.33. The Bertz CT molecular complexity index is 431. The molecule has 5 nitrogen and oxygen atoms in total. The van der Waals surface area contributed by atoms with Crippen LogP contribution in [0.2, 0.25) is 0 Å². The summed E-state index contributed by atoms with van der Waals surface area (Å²) in [6.07, 6.45) is 4.36. The molecule has 5 heteroatoms. The lowest BCUT2D eigenvalue weighted by Gasteiger charge is -2.36. The van der Waals surface area contributed by atoms with Gasteiger partial charge in [0.1, 0.15) is 5.76 Å². The van der Waals surface area contributed by atoms with Crippen molar-refractivity contribution in [1.29, 1.82) is 0 Å². The van der Waals surface area contributed by atoms with Gasteiger partial charge in [-0.15, -0.1) is 0 Å². The van der Waals surface area contributed by atoms with Crippen molar-refractivity contribution in [3.63, 3.8) is 0 Å². The lowest BCUT2D eigenvalue weighted by atomic mass is 10.0. The lowest BCUT2D eigenvalue weighted by Crippen LogP contribution is -2.46. The summed E-state index contributed by atoms with van der Waals surface area (Å²) >= 11 is 0. The summed E-state index contributed by atoms with van der Waals surface area (Å²) in [5.41, 5.74) is -0.230. The van der Waals surface area contributed by atoms with E-state index in [1.807, 2.05) is 42.9 Å². The van der Waals surface area contributed by atoms with Crippen molar-refractivity contribution in [2.75, 3.05) is 19.7 Å². The molecule has 0 aliphatic carbocycles. The third-order valence-corrected chi connectivity index (χ3v) is 3.66. The summed E-state index contributed by atoms with van der Waals surface area (Å²) in [6, 6.07) is 3.75. The molecule has 0 spiro atoms. The SMILES string of the molecule is CC(C)(C)N(Cc1ccco1)C(=O)CCN1CCCCO1. The molecule has 0 bridgehead atoms. The van der Waals surface area contributed by atoms with Gasteiger partial charge in [-0.1, -0.05) is 0 Å². The number of hydrogen-bond donors (Lipinski definition) is 0. The topological polar surface area (TPSA) is 45.9 Å². The smallest absolute Gasteiger partial charge is 0.224 e. The Morgan fingerprint density at radius 2 is 2.19 bits per heavy atom. The number of hydroxylamine groups is 2. The van der Waals surface area contributed by atoms with Crippen molar-refractivity contribution < 1.29 is 14.0 Å². The molecule has 0 N–H and O–H groups in total. The number of rotatable bonds is 5. The molecular weight excluding hydrogens is 268 g/mol. The predicted molar refractivity (Wildman–Crippen MR) is 80.4 cm³/mol. The van der Waals surface area contributed by atoms with E-state index < -0.39 is 0 Å². The molecule has 0 saturated carbocycles. The first-order valence-corrected chi connectivity index (χ1v) is 7.67. The van der Waals surface area contributed by atoms with Gasteiger partial charge < -0.3 is 9.32 Å². The van der Waals surface area contributed by atoms with Gasteiger partial charge in [0.2, 0.25) is 5.91 Å². The minimum absolute atomic E-state index is 0.132. The van der Waals surface area contributed by atoms with E-state index in [0.29, 0.717) is 19.5 Å². The summed E-state index contributed by atoms with van der Waals surface area (Å²) in [7, 11) is 0. The van der Waals surface area contributed by atoms with Crippen LogP contribution in [-0.2, 0) is 16.2 Å². The van der Waals surface area contributed by atoms with Crippen molar-refractivity contribution in [3.8, 4) is 0 Å².